The molecule has 1 aromatic carbocycles. The van der Waals surface area contributed by atoms with Gasteiger partial charge in [0.15, 0.2) is 0 Å². The van der Waals surface area contributed by atoms with Crippen LogP contribution in [0.2, 0.25) is 0 Å². The fraction of sp³-hybridized carbons (Fsp3) is 0.231. The van der Waals surface area contributed by atoms with Crippen LogP contribution in [0.4, 0.5) is 17.3 Å². The smallest absolute Gasteiger partial charge is 0.148 e. The van der Waals surface area contributed by atoms with Gasteiger partial charge in [-0.25, -0.2) is 15.8 Å². The van der Waals surface area contributed by atoms with Crippen molar-refractivity contribution in [3.8, 4) is 0 Å². The van der Waals surface area contributed by atoms with Crippen LogP contribution >= 0.6 is 31.9 Å². The molecular weight excluding hydrogens is 386 g/mol. The average Bonchev–Trinajstić information content (AvgIpc) is 2.42. The van der Waals surface area contributed by atoms with Gasteiger partial charge < -0.3 is 10.7 Å². The molecule has 0 aliphatic rings. The van der Waals surface area contributed by atoms with Crippen LogP contribution < -0.4 is 16.6 Å². The van der Waals surface area contributed by atoms with Crippen LogP contribution in [-0.2, 0) is 0 Å². The van der Waals surface area contributed by atoms with E-state index in [0.29, 0.717) is 5.82 Å². The van der Waals surface area contributed by atoms with Crippen LogP contribution in [0.1, 0.15) is 25.3 Å². The number of anilines is 3. The molecule has 0 spiro atoms. The number of nitrogen functional groups attached to an aromatic ring is 1. The summed E-state index contributed by atoms with van der Waals surface area (Å²) in [6.45, 7) is 4.14. The Morgan fingerprint density at radius 1 is 1.15 bits per heavy atom. The van der Waals surface area contributed by atoms with Crippen LogP contribution in [0.5, 0.6) is 0 Å². The zero-order chi connectivity index (χ0) is 14.7. The molecule has 2 aromatic rings. The van der Waals surface area contributed by atoms with Crippen molar-refractivity contribution >= 4 is 49.2 Å². The second-order valence-corrected chi connectivity index (χ2v) is 6.30. The standard InChI is InChI=1S/C13H15Br2N5/c1-7(2)11-12(17-6-18-13(11)20-16)19-10-5-8(14)3-4-9(10)15/h3-7H,16H2,1-2H3,(H2,17,18,19,20). The molecule has 4 N–H and O–H groups in total. The first-order valence-corrected chi connectivity index (χ1v) is 7.65. The molecule has 2 rings (SSSR count). The fourth-order valence-electron chi connectivity index (χ4n) is 1.88. The molecule has 0 radical (unpaired) electrons. The molecule has 0 aliphatic heterocycles. The minimum atomic E-state index is 0.232. The summed E-state index contributed by atoms with van der Waals surface area (Å²) in [6, 6.07) is 5.90. The lowest BCUT2D eigenvalue weighted by molar-refractivity contribution is 0.850. The van der Waals surface area contributed by atoms with Gasteiger partial charge in [-0.15, -0.1) is 0 Å². The number of nitrogens with two attached hydrogens (primary N) is 1. The van der Waals surface area contributed by atoms with Gasteiger partial charge in [-0.05, 0) is 40.0 Å². The second kappa shape index (κ2) is 6.51. The van der Waals surface area contributed by atoms with Gasteiger partial charge in [0.25, 0.3) is 0 Å². The predicted octanol–water partition coefficient (Wildman–Crippen LogP) is 4.15. The highest BCUT2D eigenvalue weighted by atomic mass is 79.9. The first-order valence-electron chi connectivity index (χ1n) is 6.06. The Bertz CT molecular complexity index is 616. The molecule has 0 aliphatic carbocycles. The Hall–Kier alpha value is -1.18. The summed E-state index contributed by atoms with van der Waals surface area (Å²) in [6.07, 6.45) is 1.48. The van der Waals surface area contributed by atoms with E-state index in [2.05, 4.69) is 66.4 Å². The topological polar surface area (TPSA) is 75.9 Å². The van der Waals surface area contributed by atoms with Crippen LogP contribution in [0.3, 0.4) is 0 Å². The van der Waals surface area contributed by atoms with E-state index >= 15 is 0 Å². The van der Waals surface area contributed by atoms with Gasteiger partial charge in [0, 0.05) is 14.5 Å². The van der Waals surface area contributed by atoms with Crippen molar-refractivity contribution in [3.05, 3.63) is 39.0 Å². The highest BCUT2D eigenvalue weighted by Crippen LogP contribution is 2.33. The van der Waals surface area contributed by atoms with E-state index in [1.54, 1.807) is 0 Å². The molecule has 7 heteroatoms. The third kappa shape index (κ3) is 3.28. The number of rotatable bonds is 4. The van der Waals surface area contributed by atoms with E-state index in [-0.39, 0.29) is 5.92 Å². The highest BCUT2D eigenvalue weighted by Gasteiger charge is 2.15. The summed E-state index contributed by atoms with van der Waals surface area (Å²) in [5.41, 5.74) is 4.48. The summed E-state index contributed by atoms with van der Waals surface area (Å²) in [5.74, 6) is 7.12. The summed E-state index contributed by atoms with van der Waals surface area (Å²) < 4.78 is 1.94. The van der Waals surface area contributed by atoms with Gasteiger partial charge in [0.05, 0.1) is 5.69 Å². The third-order valence-corrected chi connectivity index (χ3v) is 3.96. The Morgan fingerprint density at radius 2 is 1.85 bits per heavy atom. The van der Waals surface area contributed by atoms with Crippen molar-refractivity contribution in [2.24, 2.45) is 5.84 Å². The third-order valence-electron chi connectivity index (χ3n) is 2.78. The second-order valence-electron chi connectivity index (χ2n) is 4.53. The van der Waals surface area contributed by atoms with Crippen molar-refractivity contribution in [2.75, 3.05) is 10.7 Å². The number of benzene rings is 1. The van der Waals surface area contributed by atoms with Crippen molar-refractivity contribution in [1.82, 2.24) is 9.97 Å². The lowest BCUT2D eigenvalue weighted by Gasteiger charge is -2.17. The van der Waals surface area contributed by atoms with Crippen molar-refractivity contribution in [3.63, 3.8) is 0 Å². The van der Waals surface area contributed by atoms with E-state index in [9.17, 15) is 0 Å². The van der Waals surface area contributed by atoms with Crippen LogP contribution in [-0.4, -0.2) is 9.97 Å². The predicted molar refractivity (Wildman–Crippen MR) is 89.1 cm³/mol. The zero-order valence-corrected chi connectivity index (χ0v) is 14.3. The van der Waals surface area contributed by atoms with Crippen LogP contribution in [0.15, 0.2) is 33.5 Å². The SMILES string of the molecule is CC(C)c1c(NN)ncnc1Nc1cc(Br)ccc1Br. The molecule has 0 amide bonds. The minimum absolute atomic E-state index is 0.232. The molecule has 0 bridgehead atoms. The molecule has 1 aromatic heterocycles. The number of nitrogens with zero attached hydrogens (tertiary/aromatic N) is 2. The van der Waals surface area contributed by atoms with Crippen molar-refractivity contribution < 1.29 is 0 Å². The minimum Gasteiger partial charge on any atom is -0.339 e. The first kappa shape index (κ1) is 15.2. The van der Waals surface area contributed by atoms with Crippen molar-refractivity contribution in [1.29, 1.82) is 0 Å². The van der Waals surface area contributed by atoms with Gasteiger partial charge in [-0.3, -0.25) is 0 Å². The summed E-state index contributed by atoms with van der Waals surface area (Å²) >= 11 is 6.98. The number of halogens is 2. The molecular formula is C13H15Br2N5. The number of nitrogens with one attached hydrogen (secondary N) is 2. The Morgan fingerprint density at radius 3 is 2.50 bits per heavy atom. The molecule has 0 unspecified atom stereocenters. The molecule has 1 heterocycles. The van der Waals surface area contributed by atoms with Crippen molar-refractivity contribution in [2.45, 2.75) is 19.8 Å². The maximum Gasteiger partial charge on any atom is 0.148 e. The summed E-state index contributed by atoms with van der Waals surface area (Å²) in [4.78, 5) is 8.47. The quantitative estimate of drug-likeness (QED) is 0.530. The van der Waals surface area contributed by atoms with E-state index in [1.807, 2.05) is 18.2 Å². The Kier molecular flexibility index (Phi) is 4.95. The van der Waals surface area contributed by atoms with Crippen LogP contribution in [0.25, 0.3) is 0 Å². The molecule has 0 fully saturated rings. The van der Waals surface area contributed by atoms with Gasteiger partial charge in [-0.1, -0.05) is 29.8 Å². The lowest BCUT2D eigenvalue weighted by Crippen LogP contribution is -2.14. The van der Waals surface area contributed by atoms with Gasteiger partial charge >= 0.3 is 0 Å². The molecule has 20 heavy (non-hydrogen) atoms. The highest BCUT2D eigenvalue weighted by molar-refractivity contribution is 9.11. The van der Waals surface area contributed by atoms with E-state index in [1.165, 1.54) is 6.33 Å². The average molecular weight is 401 g/mol. The Balaban J connectivity index is 2.45. The van der Waals surface area contributed by atoms with Crippen LogP contribution in [0, 0.1) is 0 Å². The number of hydrogen-bond acceptors (Lipinski definition) is 5. The fourth-order valence-corrected chi connectivity index (χ4v) is 2.58. The molecule has 5 nitrogen and oxygen atoms in total. The molecule has 106 valence electrons. The van der Waals surface area contributed by atoms with Gasteiger partial charge in [0.2, 0.25) is 0 Å². The van der Waals surface area contributed by atoms with E-state index < -0.39 is 0 Å². The lowest BCUT2D eigenvalue weighted by atomic mass is 10.0. The Labute approximate surface area is 134 Å². The monoisotopic (exact) mass is 399 g/mol. The zero-order valence-electron chi connectivity index (χ0n) is 11.1. The van der Waals surface area contributed by atoms with E-state index in [4.69, 9.17) is 5.84 Å². The number of hydrogen-bond donors (Lipinski definition) is 3. The normalized spacial score (nSPS) is 10.7. The van der Waals surface area contributed by atoms with E-state index in [0.717, 1.165) is 26.0 Å². The molecule has 0 saturated heterocycles. The number of hydrazine groups is 1. The summed E-state index contributed by atoms with van der Waals surface area (Å²) in [7, 11) is 0. The maximum atomic E-state index is 5.52. The van der Waals surface area contributed by atoms with Gasteiger partial charge in [0.1, 0.15) is 18.0 Å². The summed E-state index contributed by atoms with van der Waals surface area (Å²) in [5, 5.41) is 3.31. The maximum absolute atomic E-state index is 5.52. The van der Waals surface area contributed by atoms with Gasteiger partial charge in [-0.2, -0.15) is 0 Å². The first-order chi connectivity index (χ1) is 9.52. The molecule has 0 atom stereocenters. The number of aromatic nitrogens is 2. The largest absolute Gasteiger partial charge is 0.339 e. The molecule has 0 saturated carbocycles.